The van der Waals surface area contributed by atoms with E-state index in [-0.39, 0.29) is 12.6 Å². The first-order valence-corrected chi connectivity index (χ1v) is 4.53. The average Bonchev–Trinajstić information content (AvgIpc) is 2.26. The fraction of sp³-hybridized carbons (Fsp3) is 0.400. The SMILES string of the molecule is CCC(CO)Nc1cnccc1C#N. The fourth-order valence-electron chi connectivity index (χ4n) is 1.10. The molecule has 0 saturated carbocycles. The molecule has 1 aromatic rings. The minimum atomic E-state index is -0.0219. The smallest absolute Gasteiger partial charge is 0.101 e. The summed E-state index contributed by atoms with van der Waals surface area (Å²) in [7, 11) is 0. The van der Waals surface area contributed by atoms with Crippen LogP contribution >= 0.6 is 0 Å². The minimum absolute atomic E-state index is 0.0219. The Morgan fingerprint density at radius 2 is 2.50 bits per heavy atom. The molecule has 0 fully saturated rings. The zero-order valence-corrected chi connectivity index (χ0v) is 8.07. The second-order valence-corrected chi connectivity index (χ2v) is 2.97. The fourth-order valence-corrected chi connectivity index (χ4v) is 1.10. The van der Waals surface area contributed by atoms with Crippen molar-refractivity contribution >= 4 is 5.69 Å². The molecule has 74 valence electrons. The van der Waals surface area contributed by atoms with E-state index >= 15 is 0 Å². The Bertz CT molecular complexity index is 328. The van der Waals surface area contributed by atoms with Gasteiger partial charge in [-0.3, -0.25) is 4.98 Å². The van der Waals surface area contributed by atoms with Crippen LogP contribution in [0.2, 0.25) is 0 Å². The molecule has 0 bridgehead atoms. The molecule has 1 unspecified atom stereocenters. The third-order valence-corrected chi connectivity index (χ3v) is 2.01. The first-order chi connectivity index (χ1) is 6.81. The van der Waals surface area contributed by atoms with E-state index in [1.54, 1.807) is 18.5 Å². The van der Waals surface area contributed by atoms with Crippen molar-refractivity contribution in [3.63, 3.8) is 0 Å². The van der Waals surface area contributed by atoms with Crippen molar-refractivity contribution in [1.82, 2.24) is 4.98 Å². The molecule has 0 spiro atoms. The zero-order valence-electron chi connectivity index (χ0n) is 8.07. The largest absolute Gasteiger partial charge is 0.394 e. The summed E-state index contributed by atoms with van der Waals surface area (Å²) < 4.78 is 0. The van der Waals surface area contributed by atoms with E-state index in [0.29, 0.717) is 11.3 Å². The number of nitrogens with zero attached hydrogens (tertiary/aromatic N) is 2. The maximum atomic E-state index is 8.99. The highest BCUT2D eigenvalue weighted by Gasteiger charge is 2.07. The molecule has 1 rings (SSSR count). The van der Waals surface area contributed by atoms with Crippen molar-refractivity contribution in [3.8, 4) is 6.07 Å². The second kappa shape index (κ2) is 5.20. The number of aromatic nitrogens is 1. The number of nitriles is 1. The Labute approximate surface area is 83.2 Å². The number of aliphatic hydroxyl groups is 1. The van der Waals surface area contributed by atoms with Gasteiger partial charge in [0.05, 0.1) is 24.1 Å². The number of rotatable bonds is 4. The van der Waals surface area contributed by atoms with E-state index < -0.39 is 0 Å². The summed E-state index contributed by atoms with van der Waals surface area (Å²) in [5.41, 5.74) is 1.22. The lowest BCUT2D eigenvalue weighted by Gasteiger charge is -2.15. The van der Waals surface area contributed by atoms with Crippen molar-refractivity contribution in [2.24, 2.45) is 0 Å². The van der Waals surface area contributed by atoms with Crippen LogP contribution in [0.1, 0.15) is 18.9 Å². The first kappa shape index (κ1) is 10.5. The van der Waals surface area contributed by atoms with Crippen molar-refractivity contribution in [3.05, 3.63) is 24.0 Å². The third kappa shape index (κ3) is 2.44. The van der Waals surface area contributed by atoms with Crippen LogP contribution in [0.5, 0.6) is 0 Å². The summed E-state index contributed by atoms with van der Waals surface area (Å²) in [6.07, 6.45) is 3.97. The Kier molecular flexibility index (Phi) is 3.89. The van der Waals surface area contributed by atoms with Gasteiger partial charge in [-0.05, 0) is 12.5 Å². The van der Waals surface area contributed by atoms with Gasteiger partial charge in [0.25, 0.3) is 0 Å². The van der Waals surface area contributed by atoms with Gasteiger partial charge < -0.3 is 10.4 Å². The van der Waals surface area contributed by atoms with Crippen LogP contribution in [0.3, 0.4) is 0 Å². The summed E-state index contributed by atoms with van der Waals surface area (Å²) in [5.74, 6) is 0. The Morgan fingerprint density at radius 1 is 1.71 bits per heavy atom. The monoisotopic (exact) mass is 191 g/mol. The van der Waals surface area contributed by atoms with Gasteiger partial charge in [0.2, 0.25) is 0 Å². The van der Waals surface area contributed by atoms with Crippen molar-refractivity contribution < 1.29 is 5.11 Å². The van der Waals surface area contributed by atoms with Crippen LogP contribution < -0.4 is 5.32 Å². The van der Waals surface area contributed by atoms with E-state index in [2.05, 4.69) is 16.4 Å². The first-order valence-electron chi connectivity index (χ1n) is 4.53. The number of nitrogens with one attached hydrogen (secondary N) is 1. The van der Waals surface area contributed by atoms with E-state index in [9.17, 15) is 0 Å². The van der Waals surface area contributed by atoms with Crippen LogP contribution in [0.15, 0.2) is 18.5 Å². The van der Waals surface area contributed by atoms with Gasteiger partial charge in [0.1, 0.15) is 6.07 Å². The van der Waals surface area contributed by atoms with Gasteiger partial charge in [-0.25, -0.2) is 0 Å². The Hall–Kier alpha value is -1.60. The number of aliphatic hydroxyl groups excluding tert-OH is 1. The highest BCUT2D eigenvalue weighted by molar-refractivity contribution is 5.55. The number of hydrogen-bond donors (Lipinski definition) is 2. The molecule has 0 aliphatic heterocycles. The van der Waals surface area contributed by atoms with Crippen molar-refractivity contribution in [1.29, 1.82) is 5.26 Å². The third-order valence-electron chi connectivity index (χ3n) is 2.01. The highest BCUT2D eigenvalue weighted by Crippen LogP contribution is 2.13. The van der Waals surface area contributed by atoms with Crippen molar-refractivity contribution in [2.45, 2.75) is 19.4 Å². The van der Waals surface area contributed by atoms with Gasteiger partial charge in [-0.1, -0.05) is 6.92 Å². The lowest BCUT2D eigenvalue weighted by molar-refractivity contribution is 0.272. The molecule has 1 atom stereocenters. The van der Waals surface area contributed by atoms with E-state index in [1.165, 1.54) is 0 Å². The Balaban J connectivity index is 2.80. The standard InChI is InChI=1S/C10H13N3O/c1-2-9(7-14)13-10-6-12-4-3-8(10)5-11/h3-4,6,9,13-14H,2,7H2,1H3. The molecule has 0 aliphatic carbocycles. The predicted octanol–water partition coefficient (Wildman–Crippen LogP) is 1.14. The molecule has 0 amide bonds. The lowest BCUT2D eigenvalue weighted by atomic mass is 10.2. The van der Waals surface area contributed by atoms with E-state index in [1.807, 2.05) is 6.92 Å². The average molecular weight is 191 g/mol. The predicted molar refractivity (Wildman–Crippen MR) is 53.7 cm³/mol. The van der Waals surface area contributed by atoms with Gasteiger partial charge in [-0.2, -0.15) is 5.26 Å². The number of anilines is 1. The number of pyridine rings is 1. The molecule has 1 heterocycles. The molecular weight excluding hydrogens is 178 g/mol. The van der Waals surface area contributed by atoms with Crippen LogP contribution in [0.25, 0.3) is 0 Å². The molecule has 2 N–H and O–H groups in total. The van der Waals surface area contributed by atoms with Gasteiger partial charge in [0, 0.05) is 12.2 Å². The van der Waals surface area contributed by atoms with Crippen molar-refractivity contribution in [2.75, 3.05) is 11.9 Å². The highest BCUT2D eigenvalue weighted by atomic mass is 16.3. The normalized spacial score (nSPS) is 11.8. The van der Waals surface area contributed by atoms with E-state index in [0.717, 1.165) is 6.42 Å². The molecule has 4 heteroatoms. The van der Waals surface area contributed by atoms with E-state index in [4.69, 9.17) is 10.4 Å². The number of hydrogen-bond acceptors (Lipinski definition) is 4. The van der Waals surface area contributed by atoms with Gasteiger partial charge in [-0.15, -0.1) is 0 Å². The van der Waals surface area contributed by atoms with Crippen LogP contribution in [0, 0.1) is 11.3 Å². The Morgan fingerprint density at radius 3 is 3.07 bits per heavy atom. The summed E-state index contributed by atoms with van der Waals surface area (Å²) in [4.78, 5) is 3.92. The minimum Gasteiger partial charge on any atom is -0.394 e. The summed E-state index contributed by atoms with van der Waals surface area (Å²) >= 11 is 0. The molecule has 0 aliphatic rings. The molecule has 0 radical (unpaired) electrons. The molecular formula is C10H13N3O. The van der Waals surface area contributed by atoms with Crippen LogP contribution in [-0.4, -0.2) is 22.7 Å². The summed E-state index contributed by atoms with van der Waals surface area (Å²) in [6.45, 7) is 2.02. The topological polar surface area (TPSA) is 68.9 Å². The summed E-state index contributed by atoms with van der Waals surface area (Å²) in [6, 6.07) is 3.69. The lowest BCUT2D eigenvalue weighted by Crippen LogP contribution is -2.23. The van der Waals surface area contributed by atoms with Crippen LogP contribution in [0.4, 0.5) is 5.69 Å². The maximum Gasteiger partial charge on any atom is 0.101 e. The maximum absolute atomic E-state index is 8.99. The van der Waals surface area contributed by atoms with Crippen LogP contribution in [-0.2, 0) is 0 Å². The second-order valence-electron chi connectivity index (χ2n) is 2.97. The zero-order chi connectivity index (χ0) is 10.4. The quantitative estimate of drug-likeness (QED) is 0.748. The van der Waals surface area contributed by atoms with Gasteiger partial charge in [0.15, 0.2) is 0 Å². The van der Waals surface area contributed by atoms with Gasteiger partial charge >= 0.3 is 0 Å². The molecule has 1 aromatic heterocycles. The molecule has 14 heavy (non-hydrogen) atoms. The molecule has 0 saturated heterocycles. The molecule has 4 nitrogen and oxygen atoms in total. The molecule has 0 aromatic carbocycles. The summed E-state index contributed by atoms with van der Waals surface area (Å²) in [5, 5.41) is 20.8.